The molecule has 1 aliphatic rings. The van der Waals surface area contributed by atoms with Crippen molar-refractivity contribution in [2.45, 2.75) is 36.2 Å². The van der Waals surface area contributed by atoms with Crippen LogP contribution in [-0.2, 0) is 24.2 Å². The van der Waals surface area contributed by atoms with Gasteiger partial charge >= 0.3 is 0 Å². The number of hydrogen-bond acceptors (Lipinski definition) is 5. The van der Waals surface area contributed by atoms with E-state index in [-0.39, 0.29) is 11.0 Å². The van der Waals surface area contributed by atoms with Crippen LogP contribution in [0.1, 0.15) is 5.56 Å². The molecule has 2 rings (SSSR count). The van der Waals surface area contributed by atoms with E-state index in [9.17, 15) is 8.42 Å². The molecular formula is C16H23NO5S. The van der Waals surface area contributed by atoms with Gasteiger partial charge in [-0.25, -0.2) is 13.1 Å². The van der Waals surface area contributed by atoms with Crippen molar-refractivity contribution < 1.29 is 22.6 Å². The first-order valence-electron chi connectivity index (χ1n) is 7.28. The fraction of sp³-hybridized carbons (Fsp3) is 0.500. The summed E-state index contributed by atoms with van der Waals surface area (Å²) in [4.78, 5) is 0.217. The normalized spacial score (nSPS) is 28.0. The molecule has 0 saturated carbocycles. The van der Waals surface area contributed by atoms with Crippen LogP contribution in [0.2, 0.25) is 0 Å². The number of ether oxygens (including phenoxy) is 3. The fourth-order valence-corrected chi connectivity index (χ4v) is 3.87. The van der Waals surface area contributed by atoms with Gasteiger partial charge in [0.2, 0.25) is 10.0 Å². The Bertz CT molecular complexity index is 641. The van der Waals surface area contributed by atoms with E-state index in [4.69, 9.17) is 14.2 Å². The second-order valence-corrected chi connectivity index (χ2v) is 7.16. The topological polar surface area (TPSA) is 73.9 Å². The SMILES string of the molecule is CO[C@@H]1[C@H](OC)[C@@H](OC)C=C[C@H]1NS(=O)(=O)c1ccc(C)cc1. The predicted molar refractivity (Wildman–Crippen MR) is 86.8 cm³/mol. The van der Waals surface area contributed by atoms with Gasteiger partial charge in [-0.2, -0.15) is 0 Å². The fourth-order valence-electron chi connectivity index (χ4n) is 2.67. The highest BCUT2D eigenvalue weighted by Crippen LogP contribution is 2.22. The minimum atomic E-state index is -3.65. The molecule has 0 unspecified atom stereocenters. The summed E-state index contributed by atoms with van der Waals surface area (Å²) >= 11 is 0. The number of methoxy groups -OCH3 is 3. The zero-order valence-electron chi connectivity index (χ0n) is 13.7. The Morgan fingerprint density at radius 2 is 1.52 bits per heavy atom. The molecule has 128 valence electrons. The van der Waals surface area contributed by atoms with Gasteiger partial charge in [0, 0.05) is 21.3 Å². The van der Waals surface area contributed by atoms with Crippen molar-refractivity contribution in [2.75, 3.05) is 21.3 Å². The maximum Gasteiger partial charge on any atom is 0.241 e. The van der Waals surface area contributed by atoms with Gasteiger partial charge < -0.3 is 14.2 Å². The van der Waals surface area contributed by atoms with Crippen LogP contribution < -0.4 is 4.72 Å². The minimum absolute atomic E-state index is 0.217. The van der Waals surface area contributed by atoms with Crippen LogP contribution in [0.3, 0.4) is 0 Å². The van der Waals surface area contributed by atoms with E-state index in [0.717, 1.165) is 5.56 Å². The molecule has 0 saturated heterocycles. The third kappa shape index (κ3) is 3.99. The molecule has 0 heterocycles. The molecule has 1 aromatic carbocycles. The first kappa shape index (κ1) is 18.1. The molecule has 1 aromatic rings. The molecule has 0 radical (unpaired) electrons. The molecule has 4 atom stereocenters. The molecule has 0 aromatic heterocycles. The lowest BCUT2D eigenvalue weighted by molar-refractivity contribution is -0.102. The molecule has 6 nitrogen and oxygen atoms in total. The van der Waals surface area contributed by atoms with Crippen molar-refractivity contribution in [1.82, 2.24) is 4.72 Å². The van der Waals surface area contributed by atoms with E-state index in [1.807, 2.05) is 6.92 Å². The minimum Gasteiger partial charge on any atom is -0.377 e. The van der Waals surface area contributed by atoms with Crippen LogP contribution in [-0.4, -0.2) is 54.1 Å². The van der Waals surface area contributed by atoms with E-state index in [0.29, 0.717) is 0 Å². The summed E-state index contributed by atoms with van der Waals surface area (Å²) < 4.78 is 44.0. The highest BCUT2D eigenvalue weighted by molar-refractivity contribution is 7.89. The molecule has 7 heteroatoms. The summed E-state index contributed by atoms with van der Waals surface area (Å²) in [5.41, 5.74) is 0.999. The lowest BCUT2D eigenvalue weighted by atomic mass is 9.94. The van der Waals surface area contributed by atoms with E-state index in [1.54, 1.807) is 50.6 Å². The second-order valence-electron chi connectivity index (χ2n) is 5.45. The molecule has 0 aliphatic heterocycles. The van der Waals surface area contributed by atoms with Crippen molar-refractivity contribution in [3.05, 3.63) is 42.0 Å². The van der Waals surface area contributed by atoms with Crippen LogP contribution in [0, 0.1) is 6.92 Å². The van der Waals surface area contributed by atoms with E-state index < -0.39 is 28.3 Å². The summed E-state index contributed by atoms with van der Waals surface area (Å²) in [5.74, 6) is 0. The molecule has 1 aliphatic carbocycles. The highest BCUT2D eigenvalue weighted by Gasteiger charge is 2.39. The Morgan fingerprint density at radius 1 is 0.913 bits per heavy atom. The summed E-state index contributed by atoms with van der Waals surface area (Å²) in [6.07, 6.45) is 2.34. The lowest BCUT2D eigenvalue weighted by Crippen LogP contribution is -2.55. The number of nitrogens with one attached hydrogen (secondary N) is 1. The van der Waals surface area contributed by atoms with Gasteiger partial charge in [0.25, 0.3) is 0 Å². The largest absolute Gasteiger partial charge is 0.377 e. The number of hydrogen-bond donors (Lipinski definition) is 1. The monoisotopic (exact) mass is 341 g/mol. The Balaban J connectivity index is 2.25. The van der Waals surface area contributed by atoms with Crippen molar-refractivity contribution in [1.29, 1.82) is 0 Å². The molecule has 0 bridgehead atoms. The van der Waals surface area contributed by atoms with Gasteiger partial charge in [-0.1, -0.05) is 29.8 Å². The van der Waals surface area contributed by atoms with Crippen LogP contribution >= 0.6 is 0 Å². The lowest BCUT2D eigenvalue weighted by Gasteiger charge is -2.37. The molecule has 1 N–H and O–H groups in total. The van der Waals surface area contributed by atoms with Gasteiger partial charge in [-0.3, -0.25) is 0 Å². The summed E-state index contributed by atoms with van der Waals surface area (Å²) in [5, 5.41) is 0. The number of sulfonamides is 1. The van der Waals surface area contributed by atoms with Crippen LogP contribution in [0.4, 0.5) is 0 Å². The zero-order chi connectivity index (χ0) is 17.0. The van der Waals surface area contributed by atoms with E-state index in [2.05, 4.69) is 4.72 Å². The number of benzene rings is 1. The van der Waals surface area contributed by atoms with Gasteiger partial charge in [-0.05, 0) is 19.1 Å². The maximum atomic E-state index is 12.5. The van der Waals surface area contributed by atoms with Crippen LogP contribution in [0.5, 0.6) is 0 Å². The predicted octanol–water partition coefficient (Wildman–Crippen LogP) is 1.26. The molecule has 0 amide bonds. The zero-order valence-corrected chi connectivity index (χ0v) is 14.5. The average Bonchev–Trinajstić information content (AvgIpc) is 2.54. The first-order chi connectivity index (χ1) is 10.9. The third-order valence-electron chi connectivity index (χ3n) is 3.95. The number of rotatable bonds is 6. The molecular weight excluding hydrogens is 318 g/mol. The molecule has 23 heavy (non-hydrogen) atoms. The summed E-state index contributed by atoms with van der Waals surface area (Å²) in [6, 6.07) is 6.15. The summed E-state index contributed by atoms with van der Waals surface area (Å²) in [6.45, 7) is 1.91. The Kier molecular flexibility index (Phi) is 5.94. The van der Waals surface area contributed by atoms with E-state index in [1.165, 1.54) is 7.11 Å². The van der Waals surface area contributed by atoms with Gasteiger partial charge in [0.1, 0.15) is 18.3 Å². The second kappa shape index (κ2) is 7.55. The van der Waals surface area contributed by atoms with Gasteiger partial charge in [0.15, 0.2) is 0 Å². The number of aryl methyl sites for hydroxylation is 1. The molecule has 0 spiro atoms. The average molecular weight is 341 g/mol. The van der Waals surface area contributed by atoms with E-state index >= 15 is 0 Å². The van der Waals surface area contributed by atoms with Crippen LogP contribution in [0.15, 0.2) is 41.3 Å². The standard InChI is InChI=1S/C16H23NO5S/c1-11-5-7-12(8-6-11)23(18,19)17-13-9-10-14(20-2)16(22-4)15(13)21-3/h5-10,13-17H,1-4H3/t13-,14+,15+,16-/m1/s1. The van der Waals surface area contributed by atoms with Gasteiger partial charge in [-0.15, -0.1) is 0 Å². The Labute approximate surface area is 137 Å². The summed E-state index contributed by atoms with van der Waals surface area (Å²) in [7, 11) is 0.993. The highest BCUT2D eigenvalue weighted by atomic mass is 32.2. The van der Waals surface area contributed by atoms with Crippen molar-refractivity contribution >= 4 is 10.0 Å². The maximum absolute atomic E-state index is 12.5. The van der Waals surface area contributed by atoms with Crippen molar-refractivity contribution in [3.63, 3.8) is 0 Å². The molecule has 0 fully saturated rings. The third-order valence-corrected chi connectivity index (χ3v) is 5.42. The Morgan fingerprint density at radius 3 is 2.04 bits per heavy atom. The van der Waals surface area contributed by atoms with Crippen molar-refractivity contribution in [2.24, 2.45) is 0 Å². The smallest absolute Gasteiger partial charge is 0.241 e. The first-order valence-corrected chi connectivity index (χ1v) is 8.77. The van der Waals surface area contributed by atoms with Gasteiger partial charge in [0.05, 0.1) is 10.9 Å². The quantitative estimate of drug-likeness (QED) is 0.789. The van der Waals surface area contributed by atoms with Crippen molar-refractivity contribution in [3.8, 4) is 0 Å². The Hall–Kier alpha value is -1.25. The van der Waals surface area contributed by atoms with Crippen LogP contribution in [0.25, 0.3) is 0 Å².